The van der Waals surface area contributed by atoms with Gasteiger partial charge in [-0.25, -0.2) is 0 Å². The van der Waals surface area contributed by atoms with Gasteiger partial charge in [-0.05, 0) is 32.4 Å². The Morgan fingerprint density at radius 2 is 2.29 bits per heavy atom. The highest BCUT2D eigenvalue weighted by molar-refractivity contribution is 5.75. The monoisotopic (exact) mass is 197 g/mol. The highest BCUT2D eigenvalue weighted by Crippen LogP contribution is 2.42. The van der Waals surface area contributed by atoms with Crippen LogP contribution in [0.25, 0.3) is 0 Å². The van der Waals surface area contributed by atoms with E-state index in [9.17, 15) is 9.90 Å². The lowest BCUT2D eigenvalue weighted by Crippen LogP contribution is -2.37. The van der Waals surface area contributed by atoms with Gasteiger partial charge in [-0.3, -0.25) is 4.79 Å². The van der Waals surface area contributed by atoms with Crippen LogP contribution in [0, 0.1) is 11.3 Å². The number of hydrogen-bond acceptors (Lipinski definition) is 2. The van der Waals surface area contributed by atoms with Gasteiger partial charge in [-0.2, -0.15) is 0 Å². The molecule has 1 N–H and O–H groups in total. The zero-order valence-electron chi connectivity index (χ0n) is 8.83. The normalized spacial score (nSPS) is 34.4. The molecule has 0 aromatic rings. The highest BCUT2D eigenvalue weighted by atomic mass is 16.4. The molecule has 1 aliphatic heterocycles. The molecule has 14 heavy (non-hydrogen) atoms. The minimum absolute atomic E-state index is 0.417. The molecule has 0 spiro atoms. The molecule has 0 aromatic carbocycles. The second-order valence-electron chi connectivity index (χ2n) is 5.07. The molecule has 2 rings (SSSR count). The van der Waals surface area contributed by atoms with Gasteiger partial charge in [0, 0.05) is 6.54 Å². The van der Waals surface area contributed by atoms with Crippen molar-refractivity contribution in [1.29, 1.82) is 0 Å². The van der Waals surface area contributed by atoms with Crippen molar-refractivity contribution in [3.05, 3.63) is 0 Å². The summed E-state index contributed by atoms with van der Waals surface area (Å²) in [5, 5.41) is 9.32. The third kappa shape index (κ3) is 1.65. The van der Waals surface area contributed by atoms with E-state index in [0.717, 1.165) is 25.9 Å². The van der Waals surface area contributed by atoms with Gasteiger partial charge in [0.05, 0.1) is 5.41 Å². The molecule has 0 bridgehead atoms. The van der Waals surface area contributed by atoms with E-state index in [1.807, 2.05) is 7.05 Å². The smallest absolute Gasteiger partial charge is 0.310 e. The van der Waals surface area contributed by atoms with Crippen LogP contribution >= 0.6 is 0 Å². The second kappa shape index (κ2) is 3.54. The average Bonchev–Trinajstić information content (AvgIpc) is 2.42. The van der Waals surface area contributed by atoms with Gasteiger partial charge in [0.15, 0.2) is 0 Å². The number of aliphatic carboxylic acids is 1. The van der Waals surface area contributed by atoms with Crippen LogP contribution in [-0.4, -0.2) is 36.1 Å². The van der Waals surface area contributed by atoms with Crippen molar-refractivity contribution in [3.63, 3.8) is 0 Å². The summed E-state index contributed by atoms with van der Waals surface area (Å²) in [7, 11) is 2.02. The van der Waals surface area contributed by atoms with Crippen molar-refractivity contribution in [3.8, 4) is 0 Å². The lowest BCUT2D eigenvalue weighted by molar-refractivity contribution is -0.149. The quantitative estimate of drug-likeness (QED) is 0.746. The maximum Gasteiger partial charge on any atom is 0.310 e. The molecule has 2 aliphatic rings. The van der Waals surface area contributed by atoms with Crippen LogP contribution in [0.2, 0.25) is 0 Å². The molecule has 1 saturated carbocycles. The zero-order chi connectivity index (χ0) is 10.2. The topological polar surface area (TPSA) is 40.5 Å². The summed E-state index contributed by atoms with van der Waals surface area (Å²) < 4.78 is 0. The number of carboxylic acids is 1. The Balaban J connectivity index is 2.02. The van der Waals surface area contributed by atoms with Gasteiger partial charge in [0.2, 0.25) is 0 Å². The Morgan fingerprint density at radius 3 is 2.64 bits per heavy atom. The number of nitrogens with zero attached hydrogens (tertiary/aromatic N) is 1. The summed E-state index contributed by atoms with van der Waals surface area (Å²) >= 11 is 0. The van der Waals surface area contributed by atoms with Crippen molar-refractivity contribution in [1.82, 2.24) is 4.90 Å². The van der Waals surface area contributed by atoms with Crippen molar-refractivity contribution >= 4 is 5.97 Å². The van der Waals surface area contributed by atoms with Crippen LogP contribution in [0.1, 0.15) is 32.1 Å². The van der Waals surface area contributed by atoms with Gasteiger partial charge >= 0.3 is 5.97 Å². The van der Waals surface area contributed by atoms with Crippen LogP contribution < -0.4 is 0 Å². The van der Waals surface area contributed by atoms with E-state index in [0.29, 0.717) is 5.92 Å². The van der Waals surface area contributed by atoms with E-state index in [-0.39, 0.29) is 0 Å². The van der Waals surface area contributed by atoms with Gasteiger partial charge in [0.1, 0.15) is 0 Å². The fourth-order valence-corrected chi connectivity index (χ4v) is 2.76. The predicted molar refractivity (Wildman–Crippen MR) is 54.1 cm³/mol. The lowest BCUT2D eigenvalue weighted by Gasteiger charge is -2.33. The Bertz CT molecular complexity index is 237. The highest BCUT2D eigenvalue weighted by Gasteiger charge is 2.45. The average molecular weight is 197 g/mol. The molecule has 1 saturated heterocycles. The van der Waals surface area contributed by atoms with Crippen molar-refractivity contribution in [2.75, 3.05) is 20.1 Å². The molecule has 0 aromatic heterocycles. The Kier molecular flexibility index (Phi) is 2.52. The largest absolute Gasteiger partial charge is 0.481 e. The first kappa shape index (κ1) is 9.97. The first-order chi connectivity index (χ1) is 6.62. The Hall–Kier alpha value is -0.570. The number of hydrogen-bond donors (Lipinski definition) is 1. The minimum atomic E-state index is -0.575. The van der Waals surface area contributed by atoms with Gasteiger partial charge < -0.3 is 10.0 Å². The number of likely N-dealkylation sites (tertiary alicyclic amines) is 1. The minimum Gasteiger partial charge on any atom is -0.481 e. The van der Waals surface area contributed by atoms with Crippen molar-refractivity contribution < 1.29 is 9.90 Å². The molecule has 3 nitrogen and oxygen atoms in total. The summed E-state index contributed by atoms with van der Waals surface area (Å²) in [6.45, 7) is 1.69. The molecule has 0 amide bonds. The van der Waals surface area contributed by atoms with Gasteiger partial charge in [-0.1, -0.05) is 19.3 Å². The Labute approximate surface area is 85.1 Å². The van der Waals surface area contributed by atoms with Crippen LogP contribution in [0.3, 0.4) is 0 Å². The van der Waals surface area contributed by atoms with E-state index in [1.165, 1.54) is 19.3 Å². The fraction of sp³-hybridized carbons (Fsp3) is 0.909. The molecular weight excluding hydrogens is 178 g/mol. The fourth-order valence-electron chi connectivity index (χ4n) is 2.76. The van der Waals surface area contributed by atoms with Gasteiger partial charge in [0.25, 0.3) is 0 Å². The summed E-state index contributed by atoms with van der Waals surface area (Å²) in [5.74, 6) is 0.117. The second-order valence-corrected chi connectivity index (χ2v) is 5.07. The summed E-state index contributed by atoms with van der Waals surface area (Å²) in [5.41, 5.74) is -0.417. The molecule has 1 atom stereocenters. The van der Waals surface area contributed by atoms with E-state index in [2.05, 4.69) is 4.90 Å². The van der Waals surface area contributed by atoms with Crippen LogP contribution in [-0.2, 0) is 4.79 Å². The predicted octanol–water partition coefficient (Wildman–Crippen LogP) is 1.58. The first-order valence-corrected chi connectivity index (χ1v) is 5.54. The maximum atomic E-state index is 11.3. The van der Waals surface area contributed by atoms with Crippen molar-refractivity contribution in [2.24, 2.45) is 11.3 Å². The standard InChI is InChI=1S/C11H19NO2/c1-12-6-5-11(8-12,10(13)14)7-9-3-2-4-9/h9H,2-8H2,1H3,(H,13,14). The molecule has 1 aliphatic carbocycles. The summed E-state index contributed by atoms with van der Waals surface area (Å²) in [6, 6.07) is 0. The third-order valence-electron chi connectivity index (χ3n) is 3.90. The lowest BCUT2D eigenvalue weighted by atomic mass is 9.71. The number of carboxylic acid groups (broad SMARTS) is 1. The van der Waals surface area contributed by atoms with Crippen LogP contribution in [0.4, 0.5) is 0 Å². The molecule has 1 unspecified atom stereocenters. The van der Waals surface area contributed by atoms with Gasteiger partial charge in [-0.15, -0.1) is 0 Å². The molecule has 0 radical (unpaired) electrons. The van der Waals surface area contributed by atoms with Crippen molar-refractivity contribution in [2.45, 2.75) is 32.1 Å². The number of carbonyl (C=O) groups is 1. The van der Waals surface area contributed by atoms with E-state index < -0.39 is 11.4 Å². The third-order valence-corrected chi connectivity index (χ3v) is 3.90. The Morgan fingerprint density at radius 1 is 1.57 bits per heavy atom. The zero-order valence-corrected chi connectivity index (χ0v) is 8.83. The maximum absolute atomic E-state index is 11.3. The first-order valence-electron chi connectivity index (χ1n) is 5.54. The SMILES string of the molecule is CN1CCC(CC2CCC2)(C(=O)O)C1. The van der Waals surface area contributed by atoms with E-state index in [4.69, 9.17) is 0 Å². The molecule has 80 valence electrons. The molecule has 2 fully saturated rings. The summed E-state index contributed by atoms with van der Waals surface area (Å²) in [6.07, 6.45) is 5.55. The number of rotatable bonds is 3. The van der Waals surface area contributed by atoms with E-state index >= 15 is 0 Å². The molecule has 1 heterocycles. The molecule has 3 heteroatoms. The van der Waals surface area contributed by atoms with Crippen LogP contribution in [0.15, 0.2) is 0 Å². The molecular formula is C11H19NO2. The van der Waals surface area contributed by atoms with Crippen LogP contribution in [0.5, 0.6) is 0 Å². The summed E-state index contributed by atoms with van der Waals surface area (Å²) in [4.78, 5) is 13.5. The van der Waals surface area contributed by atoms with E-state index in [1.54, 1.807) is 0 Å².